The Hall–Kier alpha value is -1.55. The zero-order valence-electron chi connectivity index (χ0n) is 13.1. The van der Waals surface area contributed by atoms with Gasteiger partial charge in [-0.15, -0.1) is 0 Å². The lowest BCUT2D eigenvalue weighted by atomic mass is 9.78. The number of nitrogens with one attached hydrogen (secondary N) is 1. The highest BCUT2D eigenvalue weighted by Gasteiger charge is 2.29. The number of urea groups is 1. The van der Waals surface area contributed by atoms with Crippen LogP contribution in [0.4, 0.5) is 4.79 Å². The number of likely N-dealkylation sites (N-methyl/N-ethyl adjacent to an activating group) is 1. The summed E-state index contributed by atoms with van der Waals surface area (Å²) in [4.78, 5) is 13.7. The summed E-state index contributed by atoms with van der Waals surface area (Å²) in [5.41, 5.74) is 1.09. The monoisotopic (exact) mass is 278 g/mol. The molecule has 0 fully saturated rings. The number of carbonyl (C=O) groups is 1. The summed E-state index contributed by atoms with van der Waals surface area (Å²) in [6, 6.07) is 10.2. The van der Waals surface area contributed by atoms with Gasteiger partial charge in [-0.1, -0.05) is 44.2 Å². The van der Waals surface area contributed by atoms with Gasteiger partial charge in [0.2, 0.25) is 0 Å². The zero-order valence-corrected chi connectivity index (χ0v) is 13.1. The van der Waals surface area contributed by atoms with Gasteiger partial charge in [0, 0.05) is 32.2 Å². The lowest BCUT2D eigenvalue weighted by Gasteiger charge is -2.34. The van der Waals surface area contributed by atoms with Gasteiger partial charge >= 0.3 is 6.03 Å². The topological polar surface area (TPSA) is 41.6 Å². The summed E-state index contributed by atoms with van der Waals surface area (Å²) in [6.45, 7) is 7.45. The van der Waals surface area contributed by atoms with Crippen LogP contribution in [-0.4, -0.2) is 44.3 Å². The maximum absolute atomic E-state index is 12.1. The molecule has 20 heavy (non-hydrogen) atoms. The van der Waals surface area contributed by atoms with Crippen LogP contribution in [0.3, 0.4) is 0 Å². The molecule has 0 bridgehead atoms. The van der Waals surface area contributed by atoms with E-state index in [-0.39, 0.29) is 17.5 Å². The number of hydrogen-bond acceptors (Lipinski definition) is 2. The third-order valence-electron chi connectivity index (χ3n) is 3.92. The molecule has 0 saturated carbocycles. The van der Waals surface area contributed by atoms with Gasteiger partial charge in [0.15, 0.2) is 0 Å². The largest absolute Gasteiger partial charge is 0.383 e. The van der Waals surface area contributed by atoms with Gasteiger partial charge in [-0.3, -0.25) is 0 Å². The van der Waals surface area contributed by atoms with Crippen LogP contribution in [0.2, 0.25) is 0 Å². The quantitative estimate of drug-likeness (QED) is 0.869. The minimum Gasteiger partial charge on any atom is -0.383 e. The Morgan fingerprint density at radius 3 is 2.50 bits per heavy atom. The highest BCUT2D eigenvalue weighted by molar-refractivity contribution is 5.74. The summed E-state index contributed by atoms with van der Waals surface area (Å²) < 4.78 is 4.98. The molecule has 0 aromatic heterocycles. The third kappa shape index (κ3) is 4.23. The fourth-order valence-corrected chi connectivity index (χ4v) is 1.92. The predicted molar refractivity (Wildman–Crippen MR) is 82.0 cm³/mol. The molecule has 1 aromatic carbocycles. The Morgan fingerprint density at radius 1 is 1.35 bits per heavy atom. The van der Waals surface area contributed by atoms with Gasteiger partial charge in [0.25, 0.3) is 0 Å². The van der Waals surface area contributed by atoms with Crippen LogP contribution in [0.1, 0.15) is 26.3 Å². The molecular formula is C16H26N2O2. The summed E-state index contributed by atoms with van der Waals surface area (Å²) in [7, 11) is 3.41. The average Bonchev–Trinajstić information content (AvgIpc) is 2.45. The van der Waals surface area contributed by atoms with Crippen molar-refractivity contribution in [2.75, 3.05) is 27.3 Å². The summed E-state index contributed by atoms with van der Waals surface area (Å²) in [5.74, 6) is 0. The molecule has 4 nitrogen and oxygen atoms in total. The van der Waals surface area contributed by atoms with E-state index in [4.69, 9.17) is 4.74 Å². The van der Waals surface area contributed by atoms with Crippen LogP contribution in [0.25, 0.3) is 0 Å². The van der Waals surface area contributed by atoms with Crippen molar-refractivity contribution in [2.45, 2.75) is 32.2 Å². The number of amides is 2. The minimum absolute atomic E-state index is 0.0300. The van der Waals surface area contributed by atoms with Crippen LogP contribution in [0.15, 0.2) is 30.3 Å². The molecule has 0 radical (unpaired) electrons. The first-order valence-corrected chi connectivity index (χ1v) is 6.95. The van der Waals surface area contributed by atoms with E-state index >= 15 is 0 Å². The van der Waals surface area contributed by atoms with Crippen molar-refractivity contribution in [2.24, 2.45) is 0 Å². The van der Waals surface area contributed by atoms with E-state index < -0.39 is 0 Å². The van der Waals surface area contributed by atoms with Crippen molar-refractivity contribution in [3.63, 3.8) is 0 Å². The maximum Gasteiger partial charge on any atom is 0.317 e. The molecule has 1 unspecified atom stereocenters. The van der Waals surface area contributed by atoms with Crippen molar-refractivity contribution >= 4 is 6.03 Å². The molecular weight excluding hydrogens is 252 g/mol. The molecule has 1 rings (SSSR count). The average molecular weight is 278 g/mol. The van der Waals surface area contributed by atoms with E-state index in [2.05, 4.69) is 31.3 Å². The van der Waals surface area contributed by atoms with Gasteiger partial charge in [-0.25, -0.2) is 4.79 Å². The molecule has 112 valence electrons. The van der Waals surface area contributed by atoms with Crippen LogP contribution in [-0.2, 0) is 10.2 Å². The predicted octanol–water partition coefficient (Wildman–Crippen LogP) is 2.64. The Morgan fingerprint density at radius 2 is 1.95 bits per heavy atom. The molecule has 0 aliphatic carbocycles. The maximum atomic E-state index is 12.1. The SMILES string of the molecule is COCCN(C)C(=O)NC(C)C(C)(C)c1ccccc1. The first-order chi connectivity index (χ1) is 9.39. The summed E-state index contributed by atoms with van der Waals surface area (Å²) in [6.07, 6.45) is 0. The van der Waals surface area contributed by atoms with Crippen molar-refractivity contribution in [3.8, 4) is 0 Å². The van der Waals surface area contributed by atoms with Gasteiger partial charge < -0.3 is 15.0 Å². The Bertz CT molecular complexity index is 418. The second-order valence-electron chi connectivity index (χ2n) is 5.67. The zero-order chi connectivity index (χ0) is 15.2. The second-order valence-corrected chi connectivity index (χ2v) is 5.67. The standard InChI is InChI=1S/C16H26N2O2/c1-13(17-15(19)18(4)11-12-20-5)16(2,3)14-9-7-6-8-10-14/h6-10,13H,11-12H2,1-5H3,(H,17,19). The van der Waals surface area contributed by atoms with Crippen LogP contribution >= 0.6 is 0 Å². The molecule has 1 atom stereocenters. The molecule has 2 amide bonds. The van der Waals surface area contributed by atoms with E-state index in [1.54, 1.807) is 19.1 Å². The number of carbonyl (C=O) groups excluding carboxylic acids is 1. The first-order valence-electron chi connectivity index (χ1n) is 6.95. The number of methoxy groups -OCH3 is 1. The molecule has 0 heterocycles. The van der Waals surface area contributed by atoms with Gasteiger partial charge in [-0.2, -0.15) is 0 Å². The van der Waals surface area contributed by atoms with Crippen molar-refractivity contribution in [3.05, 3.63) is 35.9 Å². The van der Waals surface area contributed by atoms with E-state index in [0.717, 1.165) is 0 Å². The van der Waals surface area contributed by atoms with Crippen molar-refractivity contribution in [1.29, 1.82) is 0 Å². The van der Waals surface area contributed by atoms with Crippen molar-refractivity contribution < 1.29 is 9.53 Å². The number of ether oxygens (including phenoxy) is 1. The van der Waals surface area contributed by atoms with E-state index in [1.807, 2.05) is 25.1 Å². The molecule has 0 saturated heterocycles. The number of rotatable bonds is 6. The smallest absolute Gasteiger partial charge is 0.317 e. The van der Waals surface area contributed by atoms with Crippen molar-refractivity contribution in [1.82, 2.24) is 10.2 Å². The number of hydrogen-bond donors (Lipinski definition) is 1. The molecule has 0 aliphatic rings. The van der Waals surface area contributed by atoms with Gasteiger partial charge in [0.05, 0.1) is 6.61 Å². The summed E-state index contributed by atoms with van der Waals surface area (Å²) >= 11 is 0. The molecule has 0 aliphatic heterocycles. The number of benzene rings is 1. The van der Waals surface area contributed by atoms with Crippen LogP contribution in [0.5, 0.6) is 0 Å². The van der Waals surface area contributed by atoms with Crippen LogP contribution < -0.4 is 5.32 Å². The highest BCUT2D eigenvalue weighted by Crippen LogP contribution is 2.26. The normalized spacial score (nSPS) is 12.8. The van der Waals surface area contributed by atoms with E-state index in [9.17, 15) is 4.79 Å². The Balaban J connectivity index is 2.65. The van der Waals surface area contributed by atoms with Crippen LogP contribution in [0, 0.1) is 0 Å². The fourth-order valence-electron chi connectivity index (χ4n) is 1.92. The lowest BCUT2D eigenvalue weighted by Crippen LogP contribution is -2.50. The second kappa shape index (κ2) is 7.29. The third-order valence-corrected chi connectivity index (χ3v) is 3.92. The molecule has 4 heteroatoms. The Kier molecular flexibility index (Phi) is 6.02. The fraction of sp³-hybridized carbons (Fsp3) is 0.562. The molecule has 1 N–H and O–H groups in total. The summed E-state index contributed by atoms with van der Waals surface area (Å²) in [5, 5.41) is 3.06. The highest BCUT2D eigenvalue weighted by atomic mass is 16.5. The minimum atomic E-state index is -0.126. The van der Waals surface area contributed by atoms with E-state index in [0.29, 0.717) is 13.2 Å². The lowest BCUT2D eigenvalue weighted by molar-refractivity contribution is 0.156. The molecule has 0 spiro atoms. The molecule has 1 aromatic rings. The number of nitrogens with zero attached hydrogens (tertiary/aromatic N) is 1. The van der Waals surface area contributed by atoms with Gasteiger partial charge in [-0.05, 0) is 12.5 Å². The Labute approximate surface area is 122 Å². The van der Waals surface area contributed by atoms with Gasteiger partial charge in [0.1, 0.15) is 0 Å². The van der Waals surface area contributed by atoms with E-state index in [1.165, 1.54) is 5.56 Å². The first kappa shape index (κ1) is 16.5.